The van der Waals surface area contributed by atoms with Crippen LogP contribution in [0.1, 0.15) is 23.8 Å². The van der Waals surface area contributed by atoms with Gasteiger partial charge in [-0.25, -0.2) is 8.42 Å². The minimum Gasteiger partial charge on any atom is -0.494 e. The van der Waals surface area contributed by atoms with Crippen LogP contribution in [0.3, 0.4) is 0 Å². The van der Waals surface area contributed by atoms with E-state index < -0.39 is 39.8 Å². The molecule has 0 saturated heterocycles. The molecule has 1 heterocycles. The Labute approximate surface area is 180 Å². The molecular weight excluding hydrogens is 457 g/mol. The number of aliphatic carboxylic acids is 1. The third-order valence-electron chi connectivity index (χ3n) is 3.82. The van der Waals surface area contributed by atoms with Gasteiger partial charge in [0, 0.05) is 0 Å². The number of thiophene rings is 1. The number of ether oxygens (including phenoxy) is 1. The number of carboxylic acid groups (broad SMARTS) is 1. The first kappa shape index (κ1) is 24.4. The molecule has 0 unspecified atom stereocenters. The molecule has 0 saturated carbocycles. The van der Waals surface area contributed by atoms with Gasteiger partial charge in [0.05, 0.1) is 28.5 Å². The third kappa shape index (κ3) is 6.31. The third-order valence-corrected chi connectivity index (χ3v) is 7.16. The predicted molar refractivity (Wildman–Crippen MR) is 108 cm³/mol. The lowest BCUT2D eigenvalue weighted by Gasteiger charge is -2.10. The van der Waals surface area contributed by atoms with E-state index in [0.717, 1.165) is 6.07 Å². The quantitative estimate of drug-likeness (QED) is 0.472. The number of carboxylic acids is 1. The van der Waals surface area contributed by atoms with E-state index in [1.807, 2.05) is 6.92 Å². The highest BCUT2D eigenvalue weighted by Crippen LogP contribution is 2.32. The van der Waals surface area contributed by atoms with Crippen molar-refractivity contribution in [3.8, 4) is 5.75 Å². The van der Waals surface area contributed by atoms with Crippen molar-refractivity contribution >= 4 is 32.9 Å². The van der Waals surface area contributed by atoms with Crippen molar-refractivity contribution in [1.29, 1.82) is 5.41 Å². The molecule has 12 heteroatoms. The van der Waals surface area contributed by atoms with E-state index in [0.29, 0.717) is 30.4 Å². The van der Waals surface area contributed by atoms with Crippen LogP contribution in [0.25, 0.3) is 0 Å². The molecule has 1 aromatic heterocycles. The molecule has 7 nitrogen and oxygen atoms in total. The van der Waals surface area contributed by atoms with Crippen LogP contribution in [0.5, 0.6) is 5.75 Å². The summed E-state index contributed by atoms with van der Waals surface area (Å²) in [4.78, 5) is 10.8. The number of benzene rings is 1. The summed E-state index contributed by atoms with van der Waals surface area (Å²) >= 11 is 0.602. The maximum atomic E-state index is 13.0. The first-order valence-corrected chi connectivity index (χ1v) is 11.1. The predicted octanol–water partition coefficient (Wildman–Crippen LogP) is 3.77. The Morgan fingerprint density at radius 1 is 1.29 bits per heavy atom. The van der Waals surface area contributed by atoms with Crippen molar-refractivity contribution in [2.45, 2.75) is 35.0 Å². The highest BCUT2D eigenvalue weighted by molar-refractivity contribution is 7.93. The summed E-state index contributed by atoms with van der Waals surface area (Å²) in [5, 5.41) is 16.8. The lowest BCUT2D eigenvalue weighted by Crippen LogP contribution is -2.20. The number of hydrogen-bond acceptors (Lipinski definition) is 7. The van der Waals surface area contributed by atoms with Gasteiger partial charge in [0.2, 0.25) is 9.84 Å². The van der Waals surface area contributed by atoms with Crippen LogP contribution in [0.4, 0.5) is 13.2 Å². The Balaban J connectivity index is 2.43. The Bertz CT molecular complexity index is 1120. The molecule has 2 aromatic rings. The number of nitrogens with two attached hydrogens (primary N) is 1. The summed E-state index contributed by atoms with van der Waals surface area (Å²) in [5.41, 5.74) is 3.05. The van der Waals surface area contributed by atoms with Gasteiger partial charge in [-0.1, -0.05) is 6.92 Å². The Morgan fingerprint density at radius 3 is 2.55 bits per heavy atom. The van der Waals surface area contributed by atoms with Gasteiger partial charge in [0.25, 0.3) is 0 Å². The number of sulfone groups is 1. The molecule has 0 bridgehead atoms. The van der Waals surface area contributed by atoms with E-state index in [2.05, 4.69) is 0 Å². The fraction of sp³-hybridized carbons (Fsp3) is 0.263. The van der Waals surface area contributed by atoms with Crippen molar-refractivity contribution in [2.75, 3.05) is 6.61 Å². The lowest BCUT2D eigenvalue weighted by molar-refractivity contribution is -0.136. The van der Waals surface area contributed by atoms with Crippen LogP contribution >= 0.6 is 11.3 Å². The normalized spacial score (nSPS) is 12.6. The Hall–Kier alpha value is -2.86. The van der Waals surface area contributed by atoms with Gasteiger partial charge in [-0.3, -0.25) is 10.2 Å². The topological polar surface area (TPSA) is 131 Å². The molecule has 4 N–H and O–H groups in total. The van der Waals surface area contributed by atoms with Crippen LogP contribution in [-0.2, 0) is 21.1 Å². The number of hydrogen-bond donors (Lipinski definition) is 3. The summed E-state index contributed by atoms with van der Waals surface area (Å²) in [6.07, 6.45) is -4.17. The average molecular weight is 476 g/mol. The molecule has 31 heavy (non-hydrogen) atoms. The smallest absolute Gasteiger partial charge is 0.430 e. The Morgan fingerprint density at radius 2 is 1.97 bits per heavy atom. The molecule has 0 amide bonds. The summed E-state index contributed by atoms with van der Waals surface area (Å²) in [6.45, 7) is 2.14. The molecule has 0 aliphatic carbocycles. The molecular formula is C19H19F3N2O5S2. The van der Waals surface area contributed by atoms with E-state index in [1.54, 1.807) is 0 Å². The zero-order valence-corrected chi connectivity index (χ0v) is 17.8. The van der Waals surface area contributed by atoms with Gasteiger partial charge in [0.1, 0.15) is 15.7 Å². The Kier molecular flexibility index (Phi) is 7.49. The molecule has 0 radical (unpaired) electrons. The van der Waals surface area contributed by atoms with E-state index in [4.69, 9.17) is 21.0 Å². The first-order valence-electron chi connectivity index (χ1n) is 8.81. The maximum absolute atomic E-state index is 13.0. The fourth-order valence-corrected chi connectivity index (χ4v) is 5.11. The van der Waals surface area contributed by atoms with Gasteiger partial charge in [-0.05, 0) is 48.4 Å². The monoisotopic (exact) mass is 476 g/mol. The largest absolute Gasteiger partial charge is 0.494 e. The summed E-state index contributed by atoms with van der Waals surface area (Å²) in [5.74, 6) is -0.971. The maximum Gasteiger partial charge on any atom is 0.430 e. The van der Waals surface area contributed by atoms with E-state index in [-0.39, 0.29) is 25.3 Å². The van der Waals surface area contributed by atoms with Crippen molar-refractivity contribution in [3.05, 3.63) is 52.5 Å². The number of nitrogens with one attached hydrogen (secondary N) is 1. The molecule has 2 rings (SSSR count). The second-order valence-electron chi connectivity index (χ2n) is 6.36. The average Bonchev–Trinajstić information content (AvgIpc) is 3.16. The number of halogens is 3. The van der Waals surface area contributed by atoms with Crippen molar-refractivity contribution in [2.24, 2.45) is 5.73 Å². The zero-order chi connectivity index (χ0) is 23.4. The van der Waals surface area contributed by atoms with Gasteiger partial charge < -0.3 is 15.6 Å². The highest BCUT2D eigenvalue weighted by Gasteiger charge is 2.32. The van der Waals surface area contributed by atoms with Crippen molar-refractivity contribution < 1.29 is 36.2 Å². The van der Waals surface area contributed by atoms with Crippen LogP contribution < -0.4 is 10.5 Å². The summed E-state index contributed by atoms with van der Waals surface area (Å²) in [7, 11) is -4.14. The number of alkyl halides is 3. The molecule has 1 aromatic carbocycles. The van der Waals surface area contributed by atoms with Gasteiger partial charge in [-0.15, -0.1) is 11.3 Å². The molecule has 168 valence electrons. The zero-order valence-electron chi connectivity index (χ0n) is 16.2. The minimum absolute atomic E-state index is 0.0325. The van der Waals surface area contributed by atoms with Crippen LogP contribution in [-0.4, -0.2) is 38.0 Å². The van der Waals surface area contributed by atoms with Crippen LogP contribution in [0.15, 0.2) is 51.2 Å². The van der Waals surface area contributed by atoms with Crippen LogP contribution in [0, 0.1) is 5.41 Å². The SMILES string of the molecule is CCCOc1cc(CC(=O)O)cc(S(=O)(=O)c2ccc(C(=N)/C=C(\N)C(F)(F)F)s2)c1. The van der Waals surface area contributed by atoms with E-state index >= 15 is 0 Å². The molecule has 0 spiro atoms. The van der Waals surface area contributed by atoms with E-state index in [9.17, 15) is 26.4 Å². The minimum atomic E-state index is -4.81. The standard InChI is InChI=1S/C19H19F3N2O5S2/c1-2-5-29-12-6-11(8-17(25)26)7-13(9-12)31(27,28)18-4-3-15(30-18)14(23)10-16(24)19(20,21)22/h3-4,6-7,9-10,23H,2,5,8,24H2,1H3,(H,25,26)/b16-10-,23-14?. The second-order valence-corrected chi connectivity index (χ2v) is 9.63. The number of carbonyl (C=O) groups is 1. The first-order chi connectivity index (χ1) is 14.3. The molecule has 0 aliphatic rings. The van der Waals surface area contributed by atoms with Crippen molar-refractivity contribution in [3.63, 3.8) is 0 Å². The van der Waals surface area contributed by atoms with E-state index in [1.165, 1.54) is 24.3 Å². The second kappa shape index (κ2) is 9.52. The molecule has 0 atom stereocenters. The molecule has 0 fully saturated rings. The van der Waals surface area contributed by atoms with Gasteiger partial charge in [0.15, 0.2) is 0 Å². The summed E-state index contributed by atoms with van der Waals surface area (Å²) < 4.78 is 69.0. The number of allylic oxidation sites excluding steroid dienone is 2. The summed E-state index contributed by atoms with van der Waals surface area (Å²) in [6, 6.07) is 6.26. The fourth-order valence-electron chi connectivity index (χ4n) is 2.40. The van der Waals surface area contributed by atoms with Gasteiger partial charge >= 0.3 is 12.1 Å². The van der Waals surface area contributed by atoms with Crippen LogP contribution in [0.2, 0.25) is 0 Å². The number of rotatable bonds is 9. The highest BCUT2D eigenvalue weighted by atomic mass is 32.2. The van der Waals surface area contributed by atoms with Gasteiger partial charge in [-0.2, -0.15) is 13.2 Å². The molecule has 0 aliphatic heterocycles. The lowest BCUT2D eigenvalue weighted by atomic mass is 10.1. The van der Waals surface area contributed by atoms with Crippen molar-refractivity contribution in [1.82, 2.24) is 0 Å².